The summed E-state index contributed by atoms with van der Waals surface area (Å²) in [7, 11) is 3.81. The average Bonchev–Trinajstić information content (AvgIpc) is 2.34. The molecule has 20 heavy (non-hydrogen) atoms. The first kappa shape index (κ1) is 16.0. The zero-order chi connectivity index (χ0) is 15.3. The summed E-state index contributed by atoms with van der Waals surface area (Å²) in [5.41, 5.74) is 6.19. The molecule has 0 aliphatic carbocycles. The normalized spacial score (nSPS) is 10.8. The molecule has 0 saturated heterocycles. The molecule has 0 unspecified atom stereocenters. The van der Waals surface area contributed by atoms with E-state index in [0.717, 1.165) is 5.69 Å². The number of nitrogens with one attached hydrogen (secondary N) is 2. The largest absolute Gasteiger partial charge is 0.378 e. The number of carbonyl (C=O) groups excluding carboxylic acids is 2. The Morgan fingerprint density at radius 1 is 1.15 bits per heavy atom. The molecule has 5 nitrogen and oxygen atoms in total. The van der Waals surface area contributed by atoms with Crippen LogP contribution < -0.4 is 15.8 Å². The summed E-state index contributed by atoms with van der Waals surface area (Å²) in [6, 6.07) is 7.19. The van der Waals surface area contributed by atoms with Gasteiger partial charge in [0.05, 0.1) is 0 Å². The van der Waals surface area contributed by atoms with Gasteiger partial charge in [-0.1, -0.05) is 26.8 Å². The maximum Gasteiger partial charge on any atom is 0.269 e. The van der Waals surface area contributed by atoms with E-state index in [2.05, 4.69) is 10.9 Å². The van der Waals surface area contributed by atoms with E-state index in [-0.39, 0.29) is 17.2 Å². The molecule has 0 spiro atoms. The maximum absolute atomic E-state index is 11.9. The van der Waals surface area contributed by atoms with Crippen LogP contribution in [0.1, 0.15) is 37.6 Å². The number of anilines is 1. The van der Waals surface area contributed by atoms with Gasteiger partial charge >= 0.3 is 0 Å². The molecule has 5 heteroatoms. The van der Waals surface area contributed by atoms with E-state index in [9.17, 15) is 9.59 Å². The lowest BCUT2D eigenvalue weighted by Gasteiger charge is -2.17. The number of nitrogens with zero attached hydrogens (tertiary/aromatic N) is 1. The first-order chi connectivity index (χ1) is 9.19. The molecular formula is C15H23N3O2. The number of hydrogen-bond acceptors (Lipinski definition) is 3. The maximum atomic E-state index is 11.9. The van der Waals surface area contributed by atoms with Gasteiger partial charge in [-0.3, -0.25) is 20.4 Å². The van der Waals surface area contributed by atoms with Crippen LogP contribution in [0.4, 0.5) is 5.69 Å². The van der Waals surface area contributed by atoms with Gasteiger partial charge in [0.25, 0.3) is 5.91 Å². The van der Waals surface area contributed by atoms with E-state index in [1.54, 1.807) is 18.2 Å². The minimum absolute atomic E-state index is 0.111. The predicted molar refractivity (Wildman–Crippen MR) is 80.4 cm³/mol. The van der Waals surface area contributed by atoms with Gasteiger partial charge in [0.2, 0.25) is 5.91 Å². The van der Waals surface area contributed by atoms with Crippen LogP contribution in [0.2, 0.25) is 0 Å². The highest BCUT2D eigenvalue weighted by Gasteiger charge is 2.16. The molecule has 0 heterocycles. The Labute approximate surface area is 120 Å². The van der Waals surface area contributed by atoms with E-state index in [1.807, 2.05) is 45.8 Å². The van der Waals surface area contributed by atoms with Crippen molar-refractivity contribution < 1.29 is 9.59 Å². The van der Waals surface area contributed by atoms with Crippen LogP contribution in [0.25, 0.3) is 0 Å². The fourth-order valence-electron chi connectivity index (χ4n) is 1.65. The Balaban J connectivity index is 2.59. The van der Waals surface area contributed by atoms with E-state index in [0.29, 0.717) is 12.0 Å². The third-order valence-electron chi connectivity index (χ3n) is 2.63. The molecular weight excluding hydrogens is 254 g/mol. The summed E-state index contributed by atoms with van der Waals surface area (Å²) >= 11 is 0. The van der Waals surface area contributed by atoms with Crippen molar-refractivity contribution in [3.63, 3.8) is 0 Å². The standard InChI is InChI=1S/C15H23N3O2/c1-15(2,3)10-13(19)16-17-14(20)11-7-6-8-12(9-11)18(4)5/h6-9H,10H2,1-5H3,(H,16,19)(H,17,20). The Morgan fingerprint density at radius 3 is 2.35 bits per heavy atom. The Bertz CT molecular complexity index is 490. The van der Waals surface area contributed by atoms with Crippen LogP contribution in [-0.4, -0.2) is 25.9 Å². The lowest BCUT2D eigenvalue weighted by Crippen LogP contribution is -2.42. The van der Waals surface area contributed by atoms with E-state index >= 15 is 0 Å². The number of carbonyl (C=O) groups is 2. The fourth-order valence-corrected chi connectivity index (χ4v) is 1.65. The number of hydrogen-bond donors (Lipinski definition) is 2. The average molecular weight is 277 g/mol. The highest BCUT2D eigenvalue weighted by atomic mass is 16.2. The minimum atomic E-state index is -0.323. The topological polar surface area (TPSA) is 61.4 Å². The SMILES string of the molecule is CN(C)c1cccc(C(=O)NNC(=O)CC(C)(C)C)c1. The second-order valence-corrected chi connectivity index (χ2v) is 6.18. The lowest BCUT2D eigenvalue weighted by molar-refractivity contribution is -0.123. The molecule has 1 aromatic carbocycles. The van der Waals surface area contributed by atoms with Gasteiger partial charge < -0.3 is 4.90 Å². The van der Waals surface area contributed by atoms with Crippen molar-refractivity contribution >= 4 is 17.5 Å². The number of hydrazine groups is 1. The summed E-state index contributed by atoms with van der Waals surface area (Å²) in [6.07, 6.45) is 0.352. The second-order valence-electron chi connectivity index (χ2n) is 6.18. The van der Waals surface area contributed by atoms with E-state index in [1.165, 1.54) is 0 Å². The fraction of sp³-hybridized carbons (Fsp3) is 0.467. The van der Waals surface area contributed by atoms with Crippen molar-refractivity contribution in [3.05, 3.63) is 29.8 Å². The van der Waals surface area contributed by atoms with E-state index in [4.69, 9.17) is 0 Å². The predicted octanol–water partition coefficient (Wildman–Crippen LogP) is 1.95. The van der Waals surface area contributed by atoms with Crippen molar-refractivity contribution in [2.45, 2.75) is 27.2 Å². The lowest BCUT2D eigenvalue weighted by atomic mass is 9.92. The molecule has 0 radical (unpaired) electrons. The molecule has 0 saturated carbocycles. The molecule has 110 valence electrons. The van der Waals surface area contributed by atoms with Gasteiger partial charge in [0, 0.05) is 31.8 Å². The molecule has 1 rings (SSSR count). The Kier molecular flexibility index (Phi) is 5.13. The van der Waals surface area contributed by atoms with Gasteiger partial charge in [0.15, 0.2) is 0 Å². The summed E-state index contributed by atoms with van der Waals surface area (Å²) in [5, 5.41) is 0. The quantitative estimate of drug-likeness (QED) is 0.830. The van der Waals surface area contributed by atoms with E-state index < -0.39 is 0 Å². The van der Waals surface area contributed by atoms with Crippen molar-refractivity contribution in [2.75, 3.05) is 19.0 Å². The number of benzene rings is 1. The zero-order valence-corrected chi connectivity index (χ0v) is 12.8. The van der Waals surface area contributed by atoms with Crippen molar-refractivity contribution in [3.8, 4) is 0 Å². The molecule has 2 amide bonds. The summed E-state index contributed by atoms with van der Waals surface area (Å²) < 4.78 is 0. The van der Waals surface area contributed by atoms with Crippen LogP contribution in [0.3, 0.4) is 0 Å². The minimum Gasteiger partial charge on any atom is -0.378 e. The van der Waals surface area contributed by atoms with Crippen LogP contribution >= 0.6 is 0 Å². The highest BCUT2D eigenvalue weighted by molar-refractivity contribution is 5.96. The summed E-state index contributed by atoms with van der Waals surface area (Å²) in [4.78, 5) is 25.5. The second kappa shape index (κ2) is 6.41. The van der Waals surface area contributed by atoms with Gasteiger partial charge in [-0.05, 0) is 23.6 Å². The highest BCUT2D eigenvalue weighted by Crippen LogP contribution is 2.17. The molecule has 0 aliphatic heterocycles. The van der Waals surface area contributed by atoms with Crippen LogP contribution in [-0.2, 0) is 4.79 Å². The molecule has 0 bridgehead atoms. The van der Waals surface area contributed by atoms with Crippen LogP contribution in [0, 0.1) is 5.41 Å². The van der Waals surface area contributed by atoms with Crippen molar-refractivity contribution in [1.82, 2.24) is 10.9 Å². The smallest absolute Gasteiger partial charge is 0.269 e. The summed E-state index contributed by atoms with van der Waals surface area (Å²) in [5.74, 6) is -0.523. The first-order valence-corrected chi connectivity index (χ1v) is 6.55. The molecule has 0 fully saturated rings. The summed E-state index contributed by atoms with van der Waals surface area (Å²) in [6.45, 7) is 5.90. The van der Waals surface area contributed by atoms with Crippen molar-refractivity contribution in [1.29, 1.82) is 0 Å². The van der Waals surface area contributed by atoms with Gasteiger partial charge in [0.1, 0.15) is 0 Å². The van der Waals surface area contributed by atoms with Crippen LogP contribution in [0.15, 0.2) is 24.3 Å². The van der Waals surface area contributed by atoms with Crippen LogP contribution in [0.5, 0.6) is 0 Å². The van der Waals surface area contributed by atoms with Gasteiger partial charge in [-0.15, -0.1) is 0 Å². The van der Waals surface area contributed by atoms with Gasteiger partial charge in [-0.2, -0.15) is 0 Å². The molecule has 0 atom stereocenters. The zero-order valence-electron chi connectivity index (χ0n) is 12.8. The third kappa shape index (κ3) is 5.30. The Morgan fingerprint density at radius 2 is 1.80 bits per heavy atom. The number of amides is 2. The molecule has 1 aromatic rings. The first-order valence-electron chi connectivity index (χ1n) is 6.55. The molecule has 2 N–H and O–H groups in total. The van der Waals surface area contributed by atoms with Crippen molar-refractivity contribution in [2.24, 2.45) is 5.41 Å². The molecule has 0 aromatic heterocycles. The van der Waals surface area contributed by atoms with Gasteiger partial charge in [-0.25, -0.2) is 0 Å². The third-order valence-corrected chi connectivity index (χ3v) is 2.63. The number of rotatable bonds is 3. The molecule has 0 aliphatic rings. The monoisotopic (exact) mass is 277 g/mol. The Hall–Kier alpha value is -2.04.